The monoisotopic (exact) mass is 445 g/mol. The number of amides is 2. The molecule has 1 aliphatic carbocycles. The molecular weight excluding hydrogens is 410 g/mol. The molecule has 32 heavy (non-hydrogen) atoms. The highest BCUT2D eigenvalue weighted by Crippen LogP contribution is 2.32. The van der Waals surface area contributed by atoms with E-state index in [9.17, 15) is 9.59 Å². The molecule has 3 heterocycles. The van der Waals surface area contributed by atoms with Crippen LogP contribution in [0.5, 0.6) is 17.2 Å². The fourth-order valence-corrected chi connectivity index (χ4v) is 4.92. The molecule has 2 amide bonds. The molecule has 0 bridgehead atoms. The Morgan fingerprint density at radius 1 is 0.906 bits per heavy atom. The van der Waals surface area contributed by atoms with Crippen LogP contribution in [-0.4, -0.2) is 89.6 Å². The van der Waals surface area contributed by atoms with Crippen molar-refractivity contribution in [2.75, 3.05) is 45.9 Å². The molecule has 3 fully saturated rings. The van der Waals surface area contributed by atoms with Crippen LogP contribution in [-0.2, 0) is 9.59 Å². The van der Waals surface area contributed by atoms with Crippen molar-refractivity contribution in [3.05, 3.63) is 18.2 Å². The van der Waals surface area contributed by atoms with Gasteiger partial charge in [-0.05, 0) is 44.2 Å². The zero-order chi connectivity index (χ0) is 22.5. The van der Waals surface area contributed by atoms with E-state index in [0.717, 1.165) is 58.0 Å². The van der Waals surface area contributed by atoms with Gasteiger partial charge in [-0.25, -0.2) is 0 Å². The van der Waals surface area contributed by atoms with Crippen molar-refractivity contribution in [1.82, 2.24) is 14.7 Å². The number of ether oxygens (including phenoxy) is 2. The number of carbonyl (C=O) groups excluding carboxylic acids is 2. The molecule has 3 aliphatic heterocycles. The predicted molar refractivity (Wildman–Crippen MR) is 120 cm³/mol. The van der Waals surface area contributed by atoms with Crippen LogP contribution in [0.1, 0.15) is 45.4 Å². The average molecular weight is 446 g/mol. The van der Waals surface area contributed by atoms with Crippen molar-refractivity contribution in [2.24, 2.45) is 0 Å². The molecule has 1 saturated carbocycles. The first-order valence-electron chi connectivity index (χ1n) is 11.9. The topological polar surface area (TPSA) is 82.6 Å². The normalized spacial score (nSPS) is 23.6. The molecule has 1 N–H and O–H groups in total. The molecule has 4 aliphatic rings. The lowest BCUT2D eigenvalue weighted by Gasteiger charge is -2.36. The number of phenols is 1. The van der Waals surface area contributed by atoms with E-state index in [1.807, 2.05) is 4.90 Å². The number of benzene rings is 1. The van der Waals surface area contributed by atoms with Gasteiger partial charge in [0, 0.05) is 51.8 Å². The number of aromatic hydroxyl groups is 1. The highest BCUT2D eigenvalue weighted by atomic mass is 16.6. The molecule has 1 aromatic carbocycles. The van der Waals surface area contributed by atoms with E-state index in [4.69, 9.17) is 14.6 Å². The molecule has 0 spiro atoms. The summed E-state index contributed by atoms with van der Waals surface area (Å²) in [4.78, 5) is 30.7. The highest BCUT2D eigenvalue weighted by molar-refractivity contribution is 5.87. The van der Waals surface area contributed by atoms with E-state index in [0.29, 0.717) is 24.7 Å². The molecule has 0 radical (unpaired) electrons. The molecule has 0 unspecified atom stereocenters. The van der Waals surface area contributed by atoms with Gasteiger partial charge in [0.2, 0.25) is 11.8 Å². The summed E-state index contributed by atoms with van der Waals surface area (Å²) in [6.07, 6.45) is 6.87. The third-order valence-electron chi connectivity index (χ3n) is 6.90. The number of rotatable bonds is 2. The summed E-state index contributed by atoms with van der Waals surface area (Å²) in [5.74, 6) is 1.74. The van der Waals surface area contributed by atoms with Crippen LogP contribution in [0.4, 0.5) is 0 Å². The Kier molecular flexibility index (Phi) is 7.40. The van der Waals surface area contributed by atoms with Crippen LogP contribution in [0.3, 0.4) is 0 Å². The Balaban J connectivity index is 0.000000186. The molecule has 176 valence electrons. The molecule has 2 saturated heterocycles. The summed E-state index contributed by atoms with van der Waals surface area (Å²) in [7, 11) is 0. The average Bonchev–Trinajstić information content (AvgIpc) is 3.13. The third kappa shape index (κ3) is 5.28. The molecule has 5 rings (SSSR count). The second-order valence-corrected chi connectivity index (χ2v) is 9.00. The van der Waals surface area contributed by atoms with Gasteiger partial charge in [-0.15, -0.1) is 0 Å². The molecule has 1 aromatic rings. The maximum atomic E-state index is 12.7. The minimum Gasteiger partial charge on any atom is -0.508 e. The van der Waals surface area contributed by atoms with E-state index < -0.39 is 0 Å². The zero-order valence-corrected chi connectivity index (χ0v) is 19.0. The largest absolute Gasteiger partial charge is 0.508 e. The van der Waals surface area contributed by atoms with Crippen LogP contribution in [0.2, 0.25) is 0 Å². The van der Waals surface area contributed by atoms with Crippen molar-refractivity contribution >= 4 is 11.8 Å². The van der Waals surface area contributed by atoms with Crippen LogP contribution < -0.4 is 9.47 Å². The lowest BCUT2D eigenvalue weighted by Crippen LogP contribution is -2.48. The third-order valence-corrected chi connectivity index (χ3v) is 6.90. The van der Waals surface area contributed by atoms with Crippen molar-refractivity contribution in [2.45, 2.75) is 57.5 Å². The number of nitrogens with zero attached hydrogens (tertiary/aromatic N) is 3. The van der Waals surface area contributed by atoms with Gasteiger partial charge in [-0.3, -0.25) is 14.5 Å². The van der Waals surface area contributed by atoms with E-state index >= 15 is 0 Å². The molecule has 0 aromatic heterocycles. The second-order valence-electron chi connectivity index (χ2n) is 9.00. The van der Waals surface area contributed by atoms with Crippen LogP contribution in [0.15, 0.2) is 18.2 Å². The fourth-order valence-electron chi connectivity index (χ4n) is 4.92. The fraction of sp³-hybridized carbons (Fsp3) is 0.667. The first-order chi connectivity index (χ1) is 15.5. The SMILES string of the molecule is CC(=O)N1CCC[C@@H]1C(=O)N1CCCN(C2CCC2)CC1.Oc1ccc2c(c1)OCCO2. The standard InChI is InChI=1S/C16H27N3O2.C8H8O3/c1-13(20)19-10-3-7-15(19)16(21)18-9-4-8-17(11-12-18)14-5-2-6-14;9-6-1-2-7-8(5-6)11-4-3-10-7/h14-15H,2-12H2,1H3;1-2,5,9H,3-4H2/t15-;/m1./s1. The van der Waals surface area contributed by atoms with Crippen molar-refractivity contribution in [1.29, 1.82) is 0 Å². The maximum absolute atomic E-state index is 12.7. The van der Waals surface area contributed by atoms with Crippen molar-refractivity contribution < 1.29 is 24.2 Å². The Morgan fingerprint density at radius 3 is 2.41 bits per heavy atom. The van der Waals surface area contributed by atoms with E-state index in [1.165, 1.54) is 19.3 Å². The quantitative estimate of drug-likeness (QED) is 0.752. The van der Waals surface area contributed by atoms with Gasteiger partial charge in [-0.1, -0.05) is 6.42 Å². The minimum absolute atomic E-state index is 0.0387. The highest BCUT2D eigenvalue weighted by Gasteiger charge is 2.36. The van der Waals surface area contributed by atoms with Crippen LogP contribution in [0, 0.1) is 0 Å². The number of phenolic OH excluding ortho intramolecular Hbond substituents is 1. The predicted octanol–water partition coefficient (Wildman–Crippen LogP) is 2.25. The van der Waals surface area contributed by atoms with Crippen LogP contribution in [0.25, 0.3) is 0 Å². The summed E-state index contributed by atoms with van der Waals surface area (Å²) in [5, 5.41) is 9.05. The van der Waals surface area contributed by atoms with Gasteiger partial charge in [0.05, 0.1) is 0 Å². The summed E-state index contributed by atoms with van der Waals surface area (Å²) < 4.78 is 10.5. The zero-order valence-electron chi connectivity index (χ0n) is 19.0. The molecule has 8 nitrogen and oxygen atoms in total. The summed E-state index contributed by atoms with van der Waals surface area (Å²) in [6.45, 7) is 7.26. The first-order valence-corrected chi connectivity index (χ1v) is 11.9. The Labute approximate surface area is 190 Å². The summed E-state index contributed by atoms with van der Waals surface area (Å²) in [6, 6.07) is 5.39. The van der Waals surface area contributed by atoms with E-state index in [2.05, 4.69) is 4.90 Å². The summed E-state index contributed by atoms with van der Waals surface area (Å²) >= 11 is 0. The maximum Gasteiger partial charge on any atom is 0.245 e. The molecular formula is C24H35N3O5. The van der Waals surface area contributed by atoms with Gasteiger partial charge < -0.3 is 24.4 Å². The van der Waals surface area contributed by atoms with Gasteiger partial charge >= 0.3 is 0 Å². The van der Waals surface area contributed by atoms with Crippen molar-refractivity contribution in [3.63, 3.8) is 0 Å². The Morgan fingerprint density at radius 2 is 1.69 bits per heavy atom. The Bertz CT molecular complexity index is 813. The number of hydrogen-bond donors (Lipinski definition) is 1. The first kappa shape index (κ1) is 22.7. The lowest BCUT2D eigenvalue weighted by atomic mass is 9.91. The van der Waals surface area contributed by atoms with Crippen molar-refractivity contribution in [3.8, 4) is 17.2 Å². The minimum atomic E-state index is -0.197. The number of likely N-dealkylation sites (tertiary alicyclic amines) is 1. The second kappa shape index (κ2) is 10.4. The smallest absolute Gasteiger partial charge is 0.245 e. The number of fused-ring (bicyclic) bond motifs is 1. The van der Waals surface area contributed by atoms with Gasteiger partial charge in [0.15, 0.2) is 11.5 Å². The summed E-state index contributed by atoms with van der Waals surface area (Å²) in [5.41, 5.74) is 0. The molecule has 1 atom stereocenters. The van der Waals surface area contributed by atoms with Crippen LogP contribution >= 0.6 is 0 Å². The van der Waals surface area contributed by atoms with Gasteiger partial charge in [0.1, 0.15) is 25.0 Å². The Hall–Kier alpha value is -2.48. The lowest BCUT2D eigenvalue weighted by molar-refractivity contribution is -0.142. The van der Waals surface area contributed by atoms with E-state index in [1.54, 1.807) is 30.0 Å². The van der Waals surface area contributed by atoms with E-state index in [-0.39, 0.29) is 23.6 Å². The van der Waals surface area contributed by atoms with Gasteiger partial charge in [0.25, 0.3) is 0 Å². The number of hydrogen-bond acceptors (Lipinski definition) is 6. The molecule has 8 heteroatoms. The van der Waals surface area contributed by atoms with Gasteiger partial charge in [-0.2, -0.15) is 0 Å². The number of carbonyl (C=O) groups is 2.